The molecule has 0 aliphatic carbocycles. The van der Waals surface area contributed by atoms with Crippen LogP contribution in [-0.4, -0.2) is 143 Å². The van der Waals surface area contributed by atoms with E-state index in [-0.39, 0.29) is 39.3 Å². The average Bonchev–Trinajstić information content (AvgIpc) is 3.27. The summed E-state index contributed by atoms with van der Waals surface area (Å²) >= 11 is 0. The molecule has 0 saturated carbocycles. The van der Waals surface area contributed by atoms with Gasteiger partial charge in [0.25, 0.3) is 0 Å². The number of carbonyl (C=O) groups excluding carboxylic acids is 6. The van der Waals surface area contributed by atoms with Gasteiger partial charge in [-0.05, 0) is 76.4 Å². The van der Waals surface area contributed by atoms with Crippen LogP contribution in [0.1, 0.15) is 74.8 Å². The summed E-state index contributed by atoms with van der Waals surface area (Å²) in [6, 6.07) is 25.9. The van der Waals surface area contributed by atoms with Gasteiger partial charge in [0, 0.05) is 19.6 Å². The maximum Gasteiger partial charge on any atom is 0.243 e. The minimum Gasteiger partial charge on any atom is -0.332 e. The normalized spacial score (nSPS) is 17.5. The van der Waals surface area contributed by atoms with E-state index in [1.807, 2.05) is 91.0 Å². The van der Waals surface area contributed by atoms with Crippen molar-refractivity contribution in [3.63, 3.8) is 0 Å². The fraction of sp³-hybridized carbons (Fsp3) is 0.467. The van der Waals surface area contributed by atoms with Crippen molar-refractivity contribution in [3.05, 3.63) is 108 Å². The summed E-state index contributed by atoms with van der Waals surface area (Å²) in [6.45, 7) is 4.13. The first-order valence-electron chi connectivity index (χ1n) is 20.9. The van der Waals surface area contributed by atoms with E-state index >= 15 is 0 Å². The molecule has 3 aromatic rings. The molecule has 15 nitrogen and oxygen atoms in total. The van der Waals surface area contributed by atoms with Crippen LogP contribution >= 0.6 is 0 Å². The Hall–Kier alpha value is -5.64. The van der Waals surface area contributed by atoms with Gasteiger partial charge in [0.15, 0.2) is 0 Å². The Morgan fingerprint density at radius 1 is 0.383 bits per heavy atom. The number of rotatable bonds is 15. The molecule has 1 aliphatic rings. The van der Waals surface area contributed by atoms with Crippen molar-refractivity contribution in [3.8, 4) is 0 Å². The third-order valence-electron chi connectivity index (χ3n) is 11.1. The second-order valence-corrected chi connectivity index (χ2v) is 15.2. The summed E-state index contributed by atoms with van der Waals surface area (Å²) in [4.78, 5) is 95.3. The SMILES string of the molecule is C[C@H](c1ccccc1)N1CC(=O)N(CCCN)CC(=O)N([C@H](C)c2ccccc2)CC(=O)N(CCCN)CC(=O)N([C@H](C)c2ccccc2)CC(=O)N(CCCN)CC1=O. The minimum atomic E-state index is -0.602. The molecule has 6 amide bonds. The van der Waals surface area contributed by atoms with Crippen molar-refractivity contribution in [2.24, 2.45) is 17.2 Å². The van der Waals surface area contributed by atoms with Crippen molar-refractivity contribution in [2.45, 2.75) is 58.2 Å². The Labute approximate surface area is 354 Å². The fourth-order valence-corrected chi connectivity index (χ4v) is 7.28. The molecule has 15 heteroatoms. The number of nitrogens with two attached hydrogens (primary N) is 3. The van der Waals surface area contributed by atoms with Gasteiger partial charge in [0.1, 0.15) is 19.6 Å². The summed E-state index contributed by atoms with van der Waals surface area (Å²) in [7, 11) is 0. The predicted octanol–water partition coefficient (Wildman–Crippen LogP) is 2.30. The lowest BCUT2D eigenvalue weighted by molar-refractivity contribution is -0.152. The zero-order valence-electron chi connectivity index (χ0n) is 35.4. The molecular formula is C45H63N9O6. The zero-order chi connectivity index (χ0) is 43.6. The lowest BCUT2D eigenvalue weighted by Crippen LogP contribution is -2.54. The van der Waals surface area contributed by atoms with E-state index in [1.54, 1.807) is 20.8 Å². The third-order valence-corrected chi connectivity index (χ3v) is 11.1. The second-order valence-electron chi connectivity index (χ2n) is 15.2. The van der Waals surface area contributed by atoms with Crippen molar-refractivity contribution < 1.29 is 28.8 Å². The lowest BCUT2D eigenvalue weighted by Gasteiger charge is -2.37. The smallest absolute Gasteiger partial charge is 0.243 e. The molecule has 324 valence electrons. The van der Waals surface area contributed by atoms with Crippen molar-refractivity contribution in [1.82, 2.24) is 29.4 Å². The van der Waals surface area contributed by atoms with Gasteiger partial charge in [0.05, 0.1) is 37.8 Å². The summed E-state index contributed by atoms with van der Waals surface area (Å²) in [5.74, 6) is -2.98. The van der Waals surface area contributed by atoms with E-state index in [2.05, 4.69) is 0 Å². The molecule has 0 radical (unpaired) electrons. The Bertz CT molecular complexity index is 1640. The Morgan fingerprint density at radius 3 is 0.833 bits per heavy atom. The number of hydrogen-bond donors (Lipinski definition) is 3. The molecule has 3 aromatic carbocycles. The maximum atomic E-state index is 14.6. The highest BCUT2D eigenvalue weighted by Crippen LogP contribution is 2.25. The quantitative estimate of drug-likeness (QED) is 0.206. The molecule has 0 bridgehead atoms. The van der Waals surface area contributed by atoms with Crippen LogP contribution in [0.25, 0.3) is 0 Å². The van der Waals surface area contributed by atoms with Gasteiger partial charge in [-0.2, -0.15) is 0 Å². The number of hydrogen-bond acceptors (Lipinski definition) is 9. The Morgan fingerprint density at radius 2 is 0.617 bits per heavy atom. The van der Waals surface area contributed by atoms with E-state index in [9.17, 15) is 28.8 Å². The van der Waals surface area contributed by atoms with E-state index in [0.717, 1.165) is 16.7 Å². The molecule has 0 aromatic heterocycles. The van der Waals surface area contributed by atoms with Gasteiger partial charge in [-0.1, -0.05) is 91.0 Å². The summed E-state index contributed by atoms with van der Waals surface area (Å²) in [5.41, 5.74) is 20.0. The van der Waals surface area contributed by atoms with Crippen LogP contribution in [0, 0.1) is 0 Å². The number of amides is 6. The number of benzene rings is 3. The molecule has 1 heterocycles. The molecular weight excluding hydrogens is 763 g/mol. The number of carbonyl (C=O) groups is 6. The highest BCUT2D eigenvalue weighted by molar-refractivity contribution is 5.94. The topological polar surface area (TPSA) is 200 Å². The van der Waals surface area contributed by atoms with Crippen LogP contribution in [0.5, 0.6) is 0 Å². The van der Waals surface area contributed by atoms with Gasteiger partial charge in [-0.25, -0.2) is 0 Å². The monoisotopic (exact) mass is 825 g/mol. The first-order valence-corrected chi connectivity index (χ1v) is 20.9. The van der Waals surface area contributed by atoms with Gasteiger partial charge < -0.3 is 46.6 Å². The molecule has 0 spiro atoms. The molecule has 1 aliphatic heterocycles. The molecule has 4 rings (SSSR count). The van der Waals surface area contributed by atoms with Gasteiger partial charge in [-0.15, -0.1) is 0 Å². The van der Waals surface area contributed by atoms with Crippen molar-refractivity contribution in [1.29, 1.82) is 0 Å². The third kappa shape index (κ3) is 13.2. The van der Waals surface area contributed by atoms with Crippen LogP contribution < -0.4 is 17.2 Å². The van der Waals surface area contributed by atoms with E-state index in [0.29, 0.717) is 19.3 Å². The standard InChI is InChI=1S/C45H63N9O6/c1-34(37-16-7-4-8-17-37)52-31-40(55)50(26-14-23-47)29-44(59)54(36(3)39-20-11-6-12-21-39)33-42(57)51(27-15-24-48)30-45(60)53(35(2)38-18-9-5-10-19-38)32-41(56)49(25-13-22-46)28-43(52)58/h4-12,16-21,34-36H,13-15,22-33,46-48H2,1-3H3/t34-,35-,36-/m1/s1. The van der Waals surface area contributed by atoms with Gasteiger partial charge in [0.2, 0.25) is 35.4 Å². The second kappa shape index (κ2) is 23.8. The Kier molecular flexibility index (Phi) is 18.7. The van der Waals surface area contributed by atoms with Crippen molar-refractivity contribution >= 4 is 35.4 Å². The maximum absolute atomic E-state index is 14.6. The summed E-state index contributed by atoms with van der Waals surface area (Å²) in [6.07, 6.45) is 1.13. The number of nitrogens with zero attached hydrogens (tertiary/aromatic N) is 6. The van der Waals surface area contributed by atoms with Crippen LogP contribution in [0.3, 0.4) is 0 Å². The lowest BCUT2D eigenvalue weighted by atomic mass is 10.1. The largest absolute Gasteiger partial charge is 0.332 e. The van der Waals surface area contributed by atoms with Crippen LogP contribution in [-0.2, 0) is 28.8 Å². The van der Waals surface area contributed by atoms with Crippen molar-refractivity contribution in [2.75, 3.05) is 78.5 Å². The first kappa shape index (κ1) is 47.0. The molecule has 3 atom stereocenters. The highest BCUT2D eigenvalue weighted by atomic mass is 16.2. The molecule has 6 N–H and O–H groups in total. The molecule has 1 fully saturated rings. The minimum absolute atomic E-state index is 0.123. The predicted molar refractivity (Wildman–Crippen MR) is 230 cm³/mol. The summed E-state index contributed by atoms with van der Waals surface area (Å²) < 4.78 is 0. The summed E-state index contributed by atoms with van der Waals surface area (Å²) in [5, 5.41) is 0. The fourth-order valence-electron chi connectivity index (χ4n) is 7.28. The van der Waals surface area contributed by atoms with E-state index < -0.39 is 92.8 Å². The van der Waals surface area contributed by atoms with Gasteiger partial charge >= 0.3 is 0 Å². The van der Waals surface area contributed by atoms with E-state index in [4.69, 9.17) is 17.2 Å². The molecule has 0 unspecified atom stereocenters. The zero-order valence-corrected chi connectivity index (χ0v) is 35.4. The highest BCUT2D eigenvalue weighted by Gasteiger charge is 2.35. The first-order chi connectivity index (χ1) is 28.9. The van der Waals surface area contributed by atoms with Gasteiger partial charge in [-0.3, -0.25) is 28.8 Å². The van der Waals surface area contributed by atoms with E-state index in [1.165, 1.54) is 29.4 Å². The molecule has 60 heavy (non-hydrogen) atoms. The molecule has 1 saturated heterocycles. The average molecular weight is 826 g/mol. The van der Waals surface area contributed by atoms with Crippen LogP contribution in [0.15, 0.2) is 91.0 Å². The Balaban J connectivity index is 1.86. The van der Waals surface area contributed by atoms with Crippen LogP contribution in [0.2, 0.25) is 0 Å². The van der Waals surface area contributed by atoms with Crippen LogP contribution in [0.4, 0.5) is 0 Å².